The Labute approximate surface area is 173 Å². The van der Waals surface area contributed by atoms with Crippen molar-refractivity contribution in [3.8, 4) is 0 Å². The molecule has 1 atom stereocenters. The maximum absolute atomic E-state index is 13.4. The van der Waals surface area contributed by atoms with Crippen LogP contribution in [0.2, 0.25) is 0 Å². The van der Waals surface area contributed by atoms with E-state index in [2.05, 4.69) is 12.1 Å². The first-order valence-electron chi connectivity index (χ1n) is 9.98. The summed E-state index contributed by atoms with van der Waals surface area (Å²) >= 11 is 0. The molecule has 2 aliphatic heterocycles. The number of amides is 1. The first-order valence-corrected chi connectivity index (χ1v) is 9.98. The van der Waals surface area contributed by atoms with Crippen molar-refractivity contribution < 1.29 is 18.7 Å². The fraction of sp³-hybridized carbons (Fsp3) is 0.200. The Morgan fingerprint density at radius 3 is 2.40 bits per heavy atom. The lowest BCUT2D eigenvalue weighted by atomic mass is 9.92. The lowest BCUT2D eigenvalue weighted by Crippen LogP contribution is -2.35. The van der Waals surface area contributed by atoms with Gasteiger partial charge in [-0.05, 0) is 47.9 Å². The summed E-state index contributed by atoms with van der Waals surface area (Å²) in [5.74, 6) is -0.892. The number of likely N-dealkylation sites (tertiary alicyclic amines) is 1. The van der Waals surface area contributed by atoms with Gasteiger partial charge in [0.05, 0.1) is 18.7 Å². The van der Waals surface area contributed by atoms with E-state index in [1.165, 1.54) is 29.8 Å². The van der Waals surface area contributed by atoms with Gasteiger partial charge in [-0.15, -0.1) is 0 Å². The number of ether oxygens (including phenoxy) is 1. The maximum atomic E-state index is 13.4. The van der Waals surface area contributed by atoms with Crippen LogP contribution in [0.1, 0.15) is 43.8 Å². The van der Waals surface area contributed by atoms with E-state index in [1.54, 1.807) is 29.2 Å². The lowest BCUT2D eigenvalue weighted by Gasteiger charge is -2.25. The van der Waals surface area contributed by atoms with E-state index < -0.39 is 11.4 Å². The van der Waals surface area contributed by atoms with Gasteiger partial charge >= 0.3 is 0 Å². The molecule has 0 saturated carbocycles. The maximum Gasteiger partial charge on any atom is 0.254 e. The molecule has 0 radical (unpaired) electrons. The summed E-state index contributed by atoms with van der Waals surface area (Å²) in [5.41, 5.74) is 2.87. The number of nitrogens with zero attached hydrogens (tertiary/aromatic N) is 1. The fourth-order valence-electron chi connectivity index (χ4n) is 4.47. The van der Waals surface area contributed by atoms with Crippen LogP contribution in [0.4, 0.5) is 4.39 Å². The number of carbonyl (C=O) groups is 2. The molecule has 4 nitrogen and oxygen atoms in total. The third-order valence-electron chi connectivity index (χ3n) is 6.04. The quantitative estimate of drug-likeness (QED) is 0.614. The molecule has 3 aromatic rings. The van der Waals surface area contributed by atoms with Crippen molar-refractivity contribution in [2.75, 3.05) is 13.1 Å². The zero-order chi connectivity index (χ0) is 20.7. The van der Waals surface area contributed by atoms with Crippen molar-refractivity contribution in [2.24, 2.45) is 0 Å². The van der Waals surface area contributed by atoms with Gasteiger partial charge in [0.1, 0.15) is 11.4 Å². The minimum absolute atomic E-state index is 0.189. The molecule has 30 heavy (non-hydrogen) atoms. The van der Waals surface area contributed by atoms with Crippen LogP contribution in [0.5, 0.6) is 0 Å². The van der Waals surface area contributed by atoms with Crippen molar-refractivity contribution in [1.82, 2.24) is 4.90 Å². The van der Waals surface area contributed by atoms with Gasteiger partial charge in [-0.1, -0.05) is 42.5 Å². The van der Waals surface area contributed by atoms with Crippen LogP contribution in [-0.4, -0.2) is 29.7 Å². The van der Waals surface area contributed by atoms with Crippen molar-refractivity contribution in [3.05, 3.63) is 106 Å². The average Bonchev–Trinajstić information content (AvgIpc) is 3.38. The monoisotopic (exact) mass is 401 g/mol. The summed E-state index contributed by atoms with van der Waals surface area (Å²) in [4.78, 5) is 28.1. The van der Waals surface area contributed by atoms with Gasteiger partial charge in [-0.2, -0.15) is 0 Å². The molecule has 1 spiro atoms. The van der Waals surface area contributed by atoms with E-state index in [0.717, 1.165) is 12.0 Å². The predicted molar refractivity (Wildman–Crippen MR) is 110 cm³/mol. The zero-order valence-corrected chi connectivity index (χ0v) is 16.3. The summed E-state index contributed by atoms with van der Waals surface area (Å²) in [6, 6.07) is 20.3. The molecule has 150 valence electrons. The Hall–Kier alpha value is -3.31. The number of hydrogen-bond donors (Lipinski definition) is 0. The van der Waals surface area contributed by atoms with Gasteiger partial charge in [0.2, 0.25) is 0 Å². The summed E-state index contributed by atoms with van der Waals surface area (Å²) in [6.07, 6.45) is 0.726. The summed E-state index contributed by atoms with van der Waals surface area (Å²) in [7, 11) is 0. The van der Waals surface area contributed by atoms with Crippen LogP contribution in [0.3, 0.4) is 0 Å². The topological polar surface area (TPSA) is 46.6 Å². The Morgan fingerprint density at radius 2 is 1.60 bits per heavy atom. The van der Waals surface area contributed by atoms with E-state index in [0.29, 0.717) is 36.4 Å². The average molecular weight is 401 g/mol. The molecule has 5 rings (SSSR count). The lowest BCUT2D eigenvalue weighted by molar-refractivity contribution is -0.0283. The Bertz CT molecular complexity index is 1140. The van der Waals surface area contributed by atoms with Crippen LogP contribution in [0, 0.1) is 5.82 Å². The highest BCUT2D eigenvalue weighted by Gasteiger charge is 2.47. The van der Waals surface area contributed by atoms with Crippen LogP contribution in [0.15, 0.2) is 72.8 Å². The van der Waals surface area contributed by atoms with Gasteiger partial charge in [-0.3, -0.25) is 9.59 Å². The van der Waals surface area contributed by atoms with E-state index in [-0.39, 0.29) is 11.7 Å². The highest BCUT2D eigenvalue weighted by atomic mass is 19.1. The zero-order valence-electron chi connectivity index (χ0n) is 16.3. The van der Waals surface area contributed by atoms with Crippen LogP contribution >= 0.6 is 0 Å². The van der Waals surface area contributed by atoms with Crippen LogP contribution < -0.4 is 0 Å². The summed E-state index contributed by atoms with van der Waals surface area (Å²) < 4.78 is 19.4. The first-order chi connectivity index (χ1) is 14.6. The Kier molecular flexibility index (Phi) is 4.48. The molecule has 0 aromatic heterocycles. The van der Waals surface area contributed by atoms with Crippen molar-refractivity contribution in [3.63, 3.8) is 0 Å². The second-order valence-corrected chi connectivity index (χ2v) is 7.80. The first kappa shape index (κ1) is 18.7. The van der Waals surface area contributed by atoms with Crippen LogP contribution in [0.25, 0.3) is 0 Å². The molecular formula is C25H20FNO3. The molecule has 1 unspecified atom stereocenters. The number of rotatable bonds is 3. The van der Waals surface area contributed by atoms with Crippen molar-refractivity contribution in [1.29, 1.82) is 0 Å². The van der Waals surface area contributed by atoms with E-state index in [9.17, 15) is 14.0 Å². The minimum atomic E-state index is -0.470. The number of hydrogen-bond acceptors (Lipinski definition) is 3. The normalized spacial score (nSPS) is 19.8. The van der Waals surface area contributed by atoms with Gasteiger partial charge in [0.15, 0.2) is 5.78 Å². The second-order valence-electron chi connectivity index (χ2n) is 7.80. The molecular weight excluding hydrogens is 381 g/mol. The largest absolute Gasteiger partial charge is 0.364 e. The van der Waals surface area contributed by atoms with Crippen molar-refractivity contribution >= 4 is 11.7 Å². The number of fused-ring (bicyclic) bond motifs is 2. The second kappa shape index (κ2) is 7.18. The predicted octanol–water partition coefficient (Wildman–Crippen LogP) is 4.33. The molecule has 2 heterocycles. The molecule has 0 bridgehead atoms. The van der Waals surface area contributed by atoms with E-state index >= 15 is 0 Å². The molecule has 0 N–H and O–H groups in total. The third kappa shape index (κ3) is 3.02. The van der Waals surface area contributed by atoms with Crippen LogP contribution in [-0.2, 0) is 16.9 Å². The standard InChI is InChI=1S/C25H20FNO3/c26-19-11-9-17(10-12-19)23(28)20-6-2-3-7-21(20)24(29)27-14-13-25(16-27)22-8-4-1-5-18(22)15-30-25/h1-12H,13-16H2. The summed E-state index contributed by atoms with van der Waals surface area (Å²) in [5, 5.41) is 0. The SMILES string of the molecule is O=C(c1ccc(F)cc1)c1ccccc1C(=O)N1CCC2(C1)OCc1ccccc12. The Morgan fingerprint density at radius 1 is 0.900 bits per heavy atom. The molecule has 1 saturated heterocycles. The number of carbonyl (C=O) groups excluding carboxylic acids is 2. The van der Waals surface area contributed by atoms with Gasteiger partial charge < -0.3 is 9.64 Å². The molecule has 2 aliphatic rings. The number of benzene rings is 3. The fourth-order valence-corrected chi connectivity index (χ4v) is 4.47. The molecule has 0 aliphatic carbocycles. The highest BCUT2D eigenvalue weighted by molar-refractivity contribution is 6.15. The molecule has 5 heteroatoms. The summed E-state index contributed by atoms with van der Waals surface area (Å²) in [6.45, 7) is 1.58. The Balaban J connectivity index is 1.43. The van der Waals surface area contributed by atoms with Crippen molar-refractivity contribution in [2.45, 2.75) is 18.6 Å². The molecule has 1 amide bonds. The minimum Gasteiger partial charge on any atom is -0.364 e. The van der Waals surface area contributed by atoms with Gasteiger partial charge in [0, 0.05) is 17.7 Å². The van der Waals surface area contributed by atoms with E-state index in [4.69, 9.17) is 4.74 Å². The van der Waals surface area contributed by atoms with Gasteiger partial charge in [-0.25, -0.2) is 4.39 Å². The van der Waals surface area contributed by atoms with Gasteiger partial charge in [0.25, 0.3) is 5.91 Å². The molecule has 1 fully saturated rings. The van der Waals surface area contributed by atoms with E-state index in [1.807, 2.05) is 12.1 Å². The number of halogens is 1. The number of ketones is 1. The third-order valence-corrected chi connectivity index (χ3v) is 6.04. The molecule has 3 aromatic carbocycles. The highest BCUT2D eigenvalue weighted by Crippen LogP contribution is 2.43. The smallest absolute Gasteiger partial charge is 0.254 e.